The predicted octanol–water partition coefficient (Wildman–Crippen LogP) is 5.20. The SMILES string of the molecule is CCc1ccc(-c2cc(C(=O)NC3CC[NH+](Cc4ccccc4)CC3)c3cc(Br)ccc3n2)cc1. The second-order valence-corrected chi connectivity index (χ2v) is 10.3. The molecule has 1 aliphatic heterocycles. The fourth-order valence-corrected chi connectivity index (χ4v) is 5.30. The maximum atomic E-state index is 13.5. The van der Waals surface area contributed by atoms with E-state index in [4.69, 9.17) is 4.98 Å². The Labute approximate surface area is 215 Å². The first-order valence-electron chi connectivity index (χ1n) is 12.5. The van der Waals surface area contributed by atoms with Gasteiger partial charge in [-0.3, -0.25) is 4.79 Å². The molecule has 4 nitrogen and oxygen atoms in total. The molecule has 3 aromatic carbocycles. The van der Waals surface area contributed by atoms with E-state index < -0.39 is 0 Å². The lowest BCUT2D eigenvalue weighted by atomic mass is 10.0. The second-order valence-electron chi connectivity index (χ2n) is 9.43. The van der Waals surface area contributed by atoms with E-state index >= 15 is 0 Å². The minimum atomic E-state index is -0.0153. The van der Waals surface area contributed by atoms with Gasteiger partial charge in [-0.1, -0.05) is 77.5 Å². The number of hydrogen-bond donors (Lipinski definition) is 2. The highest BCUT2D eigenvalue weighted by atomic mass is 79.9. The summed E-state index contributed by atoms with van der Waals surface area (Å²) in [5, 5.41) is 4.21. The number of nitrogens with one attached hydrogen (secondary N) is 2. The zero-order valence-electron chi connectivity index (χ0n) is 20.1. The van der Waals surface area contributed by atoms with Crippen LogP contribution < -0.4 is 10.2 Å². The van der Waals surface area contributed by atoms with Crippen LogP contribution in [0.15, 0.2) is 83.3 Å². The van der Waals surface area contributed by atoms with Crippen molar-refractivity contribution in [1.29, 1.82) is 0 Å². The average molecular weight is 530 g/mol. The summed E-state index contributed by atoms with van der Waals surface area (Å²) in [6.07, 6.45) is 2.98. The smallest absolute Gasteiger partial charge is 0.252 e. The summed E-state index contributed by atoms with van der Waals surface area (Å²) in [5.74, 6) is -0.0153. The Hall–Kier alpha value is -3.02. The lowest BCUT2D eigenvalue weighted by Gasteiger charge is -2.30. The first-order valence-corrected chi connectivity index (χ1v) is 13.3. The molecule has 0 unspecified atom stereocenters. The van der Waals surface area contributed by atoms with E-state index in [0.29, 0.717) is 5.56 Å². The monoisotopic (exact) mass is 528 g/mol. The molecule has 0 atom stereocenters. The molecule has 178 valence electrons. The molecule has 1 aliphatic rings. The lowest BCUT2D eigenvalue weighted by Crippen LogP contribution is -3.12. The van der Waals surface area contributed by atoms with Gasteiger partial charge in [0.25, 0.3) is 5.91 Å². The van der Waals surface area contributed by atoms with Crippen LogP contribution in [0.1, 0.15) is 41.3 Å². The third-order valence-electron chi connectivity index (χ3n) is 7.00. The topological polar surface area (TPSA) is 46.4 Å². The van der Waals surface area contributed by atoms with E-state index in [2.05, 4.69) is 82.8 Å². The molecule has 1 saturated heterocycles. The van der Waals surface area contributed by atoms with Crippen molar-refractivity contribution in [1.82, 2.24) is 10.3 Å². The van der Waals surface area contributed by atoms with Gasteiger partial charge in [-0.2, -0.15) is 0 Å². The van der Waals surface area contributed by atoms with Gasteiger partial charge in [0.05, 0.1) is 29.9 Å². The van der Waals surface area contributed by atoms with Gasteiger partial charge in [-0.25, -0.2) is 4.98 Å². The Bertz CT molecular complexity index is 1310. The number of rotatable bonds is 6. The number of amides is 1. The number of fused-ring (bicyclic) bond motifs is 1. The van der Waals surface area contributed by atoms with Crippen molar-refractivity contribution in [3.05, 3.63) is 100 Å². The molecule has 35 heavy (non-hydrogen) atoms. The molecule has 0 bridgehead atoms. The van der Waals surface area contributed by atoms with Gasteiger partial charge in [0.2, 0.25) is 0 Å². The Morgan fingerprint density at radius 2 is 1.71 bits per heavy atom. The normalized spacial score (nSPS) is 17.9. The van der Waals surface area contributed by atoms with E-state index in [1.165, 1.54) is 11.1 Å². The summed E-state index contributed by atoms with van der Waals surface area (Å²) in [6, 6.07) is 27.2. The summed E-state index contributed by atoms with van der Waals surface area (Å²) < 4.78 is 0.943. The van der Waals surface area contributed by atoms with Crippen LogP contribution >= 0.6 is 15.9 Å². The molecule has 0 spiro atoms. The molecule has 1 fully saturated rings. The zero-order valence-corrected chi connectivity index (χ0v) is 21.6. The van der Waals surface area contributed by atoms with Gasteiger partial charge in [0.1, 0.15) is 6.54 Å². The molecular formula is C30H31BrN3O+. The van der Waals surface area contributed by atoms with Crippen molar-refractivity contribution in [2.45, 2.75) is 38.8 Å². The fraction of sp³-hybridized carbons (Fsp3) is 0.267. The Morgan fingerprint density at radius 1 is 0.971 bits per heavy atom. The van der Waals surface area contributed by atoms with Crippen molar-refractivity contribution in [3.63, 3.8) is 0 Å². The average Bonchev–Trinajstić information content (AvgIpc) is 2.90. The molecule has 1 amide bonds. The van der Waals surface area contributed by atoms with Gasteiger partial charge in [-0.05, 0) is 36.2 Å². The number of halogens is 1. The Balaban J connectivity index is 1.34. The fourth-order valence-electron chi connectivity index (χ4n) is 4.94. The summed E-state index contributed by atoms with van der Waals surface area (Å²) in [7, 11) is 0. The number of piperidine rings is 1. The largest absolute Gasteiger partial charge is 0.349 e. The molecule has 5 rings (SSSR count). The number of aromatic nitrogens is 1. The first kappa shape index (κ1) is 23.7. The number of nitrogens with zero attached hydrogens (tertiary/aromatic N) is 1. The maximum Gasteiger partial charge on any atom is 0.252 e. The predicted molar refractivity (Wildman–Crippen MR) is 146 cm³/mol. The molecule has 0 radical (unpaired) electrons. The van der Waals surface area contributed by atoms with Crippen LogP contribution in [-0.4, -0.2) is 30.0 Å². The molecule has 0 saturated carbocycles. The molecule has 2 heterocycles. The van der Waals surface area contributed by atoms with E-state index in [0.717, 1.165) is 65.5 Å². The molecule has 4 aromatic rings. The number of pyridine rings is 1. The van der Waals surface area contributed by atoms with Gasteiger partial charge >= 0.3 is 0 Å². The number of hydrogen-bond acceptors (Lipinski definition) is 2. The van der Waals surface area contributed by atoms with E-state index in [1.54, 1.807) is 4.90 Å². The number of carbonyl (C=O) groups is 1. The summed E-state index contributed by atoms with van der Waals surface area (Å²) >= 11 is 3.57. The van der Waals surface area contributed by atoms with Gasteiger partial charge in [0, 0.05) is 39.9 Å². The third-order valence-corrected chi connectivity index (χ3v) is 7.49. The van der Waals surface area contributed by atoms with Crippen LogP contribution in [0, 0.1) is 0 Å². The van der Waals surface area contributed by atoms with Crippen LogP contribution in [0.3, 0.4) is 0 Å². The van der Waals surface area contributed by atoms with E-state index in [1.807, 2.05) is 24.3 Å². The highest BCUT2D eigenvalue weighted by molar-refractivity contribution is 9.10. The second kappa shape index (κ2) is 10.7. The minimum Gasteiger partial charge on any atom is -0.349 e. The van der Waals surface area contributed by atoms with Crippen LogP contribution in [0.5, 0.6) is 0 Å². The highest BCUT2D eigenvalue weighted by Gasteiger charge is 2.25. The number of quaternary nitrogens is 1. The molecule has 0 aliphatic carbocycles. The molecule has 1 aromatic heterocycles. The van der Waals surface area contributed by atoms with Crippen LogP contribution in [0.4, 0.5) is 0 Å². The Kier molecular flexibility index (Phi) is 7.26. The van der Waals surface area contributed by atoms with Crippen molar-refractivity contribution >= 4 is 32.7 Å². The number of aryl methyl sites for hydroxylation is 1. The molecule has 5 heteroatoms. The van der Waals surface area contributed by atoms with Gasteiger partial charge < -0.3 is 10.2 Å². The van der Waals surface area contributed by atoms with Crippen molar-refractivity contribution in [3.8, 4) is 11.3 Å². The number of likely N-dealkylation sites (tertiary alicyclic amines) is 1. The highest BCUT2D eigenvalue weighted by Crippen LogP contribution is 2.28. The van der Waals surface area contributed by atoms with Gasteiger partial charge in [0.15, 0.2) is 0 Å². The van der Waals surface area contributed by atoms with Crippen molar-refractivity contribution in [2.75, 3.05) is 13.1 Å². The van der Waals surface area contributed by atoms with E-state index in [-0.39, 0.29) is 11.9 Å². The number of benzene rings is 3. The standard InChI is InChI=1S/C30H30BrN3O/c1-2-21-8-10-23(11-9-21)29-19-27(26-18-24(31)12-13-28(26)33-29)30(35)32-25-14-16-34(17-15-25)20-22-6-4-3-5-7-22/h3-13,18-19,25H,2,14-17,20H2,1H3,(H,32,35)/p+1. The van der Waals surface area contributed by atoms with Crippen LogP contribution in [0.25, 0.3) is 22.2 Å². The summed E-state index contributed by atoms with van der Waals surface area (Å²) in [6.45, 7) is 5.33. The third kappa shape index (κ3) is 5.63. The summed E-state index contributed by atoms with van der Waals surface area (Å²) in [4.78, 5) is 20.0. The quantitative estimate of drug-likeness (QED) is 0.361. The van der Waals surface area contributed by atoms with Crippen LogP contribution in [-0.2, 0) is 13.0 Å². The molecular weight excluding hydrogens is 498 g/mol. The first-order chi connectivity index (χ1) is 17.1. The van der Waals surface area contributed by atoms with Crippen molar-refractivity contribution in [2.24, 2.45) is 0 Å². The van der Waals surface area contributed by atoms with E-state index in [9.17, 15) is 4.79 Å². The van der Waals surface area contributed by atoms with Crippen molar-refractivity contribution < 1.29 is 9.69 Å². The van der Waals surface area contributed by atoms with Gasteiger partial charge in [-0.15, -0.1) is 0 Å². The summed E-state index contributed by atoms with van der Waals surface area (Å²) in [5.41, 5.74) is 6.03. The minimum absolute atomic E-state index is 0.0153. The Morgan fingerprint density at radius 3 is 2.43 bits per heavy atom. The zero-order chi connectivity index (χ0) is 24.2. The number of carbonyl (C=O) groups excluding carboxylic acids is 1. The maximum absolute atomic E-state index is 13.5. The van der Waals surface area contributed by atoms with Crippen LogP contribution in [0.2, 0.25) is 0 Å². The molecule has 2 N–H and O–H groups in total. The lowest BCUT2D eigenvalue weighted by molar-refractivity contribution is -0.918.